The molecule has 0 aliphatic rings. The molecule has 19 heavy (non-hydrogen) atoms. The number of hydrogen-bond donors (Lipinski definition) is 0. The van der Waals surface area contributed by atoms with Gasteiger partial charge >= 0.3 is 115 Å². The van der Waals surface area contributed by atoms with Crippen LogP contribution in [0.5, 0.6) is 0 Å². The van der Waals surface area contributed by atoms with Crippen molar-refractivity contribution in [1.82, 2.24) is 0 Å². The van der Waals surface area contributed by atoms with Crippen LogP contribution >= 0.6 is 0 Å². The summed E-state index contributed by atoms with van der Waals surface area (Å²) in [6.45, 7) is 2.30. The Hall–Kier alpha value is 1.48. The Bertz CT molecular complexity index is 129. The van der Waals surface area contributed by atoms with E-state index in [4.69, 9.17) is 0 Å². The minimum atomic E-state index is 1.21. The van der Waals surface area contributed by atoms with Crippen LogP contribution in [0.2, 0.25) is 1.39 Å². The number of rotatable bonds is 16. The van der Waals surface area contributed by atoms with Crippen molar-refractivity contribution in [3.8, 4) is 0 Å². The average Bonchev–Trinajstić information content (AvgIpc) is 2.43. The molecule has 0 N–H and O–H groups in total. The van der Waals surface area contributed by atoms with E-state index in [9.17, 15) is 0 Å². The maximum absolute atomic E-state index is 2.30. The van der Waals surface area contributed by atoms with Crippen LogP contribution in [0.15, 0.2) is 0 Å². The summed E-state index contributed by atoms with van der Waals surface area (Å²) < 4.78 is 1.54. The van der Waals surface area contributed by atoms with Gasteiger partial charge in [-0.3, -0.25) is 0 Å². The second kappa shape index (κ2) is 19.5. The summed E-state index contributed by atoms with van der Waals surface area (Å²) in [6, 6.07) is 0. The molecule has 1 radical (unpaired) electrons. The molecule has 0 atom stereocenters. The van der Waals surface area contributed by atoms with E-state index in [-0.39, 0.29) is 0 Å². The molecule has 0 rings (SSSR count). The van der Waals surface area contributed by atoms with Crippen LogP contribution in [0, 0.1) is 0 Å². The summed E-state index contributed by atoms with van der Waals surface area (Å²) in [5, 5.41) is 0. The summed E-state index contributed by atoms with van der Waals surface area (Å²) in [5.74, 6) is 0. The fourth-order valence-electron chi connectivity index (χ4n) is 2.72. The number of hydrogen-bond acceptors (Lipinski definition) is 0. The second-order valence-corrected chi connectivity index (χ2v) is 7.89. The van der Waals surface area contributed by atoms with Gasteiger partial charge in [-0.2, -0.15) is 0 Å². The second-order valence-electron chi connectivity index (χ2n) is 6.16. The molecule has 0 aromatic rings. The van der Waals surface area contributed by atoms with Crippen molar-refractivity contribution in [1.29, 1.82) is 0 Å². The minimum absolute atomic E-state index is 1.21. The molecule has 0 saturated heterocycles. The van der Waals surface area contributed by atoms with Gasteiger partial charge in [0.1, 0.15) is 0 Å². The van der Waals surface area contributed by atoms with E-state index in [0.717, 1.165) is 0 Å². The van der Waals surface area contributed by atoms with Crippen LogP contribution in [-0.4, -0.2) is 43.3 Å². The molecule has 0 saturated carbocycles. The van der Waals surface area contributed by atoms with Crippen molar-refractivity contribution < 1.29 is 0 Å². The molecular formula is C18H37Sr. The van der Waals surface area contributed by atoms with Gasteiger partial charge in [-0.25, -0.2) is 0 Å². The van der Waals surface area contributed by atoms with Crippen LogP contribution in [0.4, 0.5) is 0 Å². The molecule has 0 amide bonds. The van der Waals surface area contributed by atoms with E-state index in [1.54, 1.807) is 1.39 Å². The van der Waals surface area contributed by atoms with Crippen LogP contribution < -0.4 is 0 Å². The normalized spacial score (nSPS) is 10.9. The van der Waals surface area contributed by atoms with E-state index in [1.165, 1.54) is 146 Å². The van der Waals surface area contributed by atoms with Gasteiger partial charge < -0.3 is 0 Å². The SMILES string of the molecule is CCCCCCCCCCCCCCCCC[CH2][Sr]. The summed E-state index contributed by atoms with van der Waals surface area (Å²) >= 11 is 1.21. The molecule has 0 nitrogen and oxygen atoms in total. The van der Waals surface area contributed by atoms with Crippen LogP contribution in [-0.2, 0) is 0 Å². The number of unbranched alkanes of at least 4 members (excludes halogenated alkanes) is 15. The van der Waals surface area contributed by atoms with Crippen molar-refractivity contribution in [2.75, 3.05) is 0 Å². The van der Waals surface area contributed by atoms with Crippen LogP contribution in [0.3, 0.4) is 0 Å². The molecule has 0 spiro atoms. The van der Waals surface area contributed by atoms with Crippen molar-refractivity contribution in [3.05, 3.63) is 0 Å². The van der Waals surface area contributed by atoms with Crippen LogP contribution in [0.1, 0.15) is 110 Å². The van der Waals surface area contributed by atoms with Gasteiger partial charge in [0.05, 0.1) is 0 Å². The molecule has 1 heteroatoms. The van der Waals surface area contributed by atoms with Crippen molar-refractivity contribution in [3.63, 3.8) is 0 Å². The first-order chi connectivity index (χ1) is 9.41. The summed E-state index contributed by atoms with van der Waals surface area (Å²) in [4.78, 5) is 0. The quantitative estimate of drug-likeness (QED) is 0.213. The van der Waals surface area contributed by atoms with Crippen molar-refractivity contribution in [2.45, 2.75) is 111 Å². The summed E-state index contributed by atoms with van der Waals surface area (Å²) in [7, 11) is 0. The first-order valence-corrected chi connectivity index (χ1v) is 11.7. The zero-order valence-corrected chi connectivity index (χ0v) is 17.2. The van der Waals surface area contributed by atoms with E-state index >= 15 is 0 Å². The predicted molar refractivity (Wildman–Crippen MR) is 90.1 cm³/mol. The van der Waals surface area contributed by atoms with Crippen molar-refractivity contribution in [2.24, 2.45) is 0 Å². The third-order valence-electron chi connectivity index (χ3n) is 4.10. The van der Waals surface area contributed by atoms with E-state index in [1.807, 2.05) is 0 Å². The first-order valence-electron chi connectivity index (χ1n) is 9.21. The van der Waals surface area contributed by atoms with E-state index in [0.29, 0.717) is 0 Å². The molecule has 0 aromatic heterocycles. The van der Waals surface area contributed by atoms with E-state index in [2.05, 4.69) is 6.92 Å². The zero-order chi connectivity index (χ0) is 14.0. The third-order valence-corrected chi connectivity index (χ3v) is 5.33. The molecule has 0 heterocycles. The molecule has 111 valence electrons. The molecule has 0 unspecified atom stereocenters. The Labute approximate surface area is 153 Å². The van der Waals surface area contributed by atoms with Gasteiger partial charge in [-0.1, -0.05) is 39.0 Å². The Balaban J connectivity index is 2.88. The van der Waals surface area contributed by atoms with Gasteiger partial charge in [-0.05, 0) is 0 Å². The average molecular weight is 341 g/mol. The Morgan fingerprint density at radius 3 is 0.947 bits per heavy atom. The fourth-order valence-corrected chi connectivity index (χ4v) is 3.59. The first kappa shape index (κ1) is 20.5. The van der Waals surface area contributed by atoms with Gasteiger partial charge in [0.2, 0.25) is 0 Å². The maximum atomic E-state index is 2.30. The summed E-state index contributed by atoms with van der Waals surface area (Å²) in [5.41, 5.74) is 0. The molecule has 0 bridgehead atoms. The van der Waals surface area contributed by atoms with Gasteiger partial charge in [0, 0.05) is 0 Å². The fraction of sp³-hybridized carbons (Fsp3) is 1.00. The van der Waals surface area contributed by atoms with Gasteiger partial charge in [-0.15, -0.1) is 0 Å². The van der Waals surface area contributed by atoms with Gasteiger partial charge in [0.15, 0.2) is 0 Å². The monoisotopic (exact) mass is 341 g/mol. The topological polar surface area (TPSA) is 0 Å². The van der Waals surface area contributed by atoms with Gasteiger partial charge in [0.25, 0.3) is 0 Å². The molecular weight excluding hydrogens is 304 g/mol. The van der Waals surface area contributed by atoms with Crippen molar-refractivity contribution >= 4 is 43.3 Å². The Kier molecular flexibility index (Phi) is 21.0. The molecule has 0 aromatic carbocycles. The third kappa shape index (κ3) is 19.5. The molecule has 0 fully saturated rings. The molecule has 0 aliphatic heterocycles. The van der Waals surface area contributed by atoms with E-state index < -0.39 is 0 Å². The Morgan fingerprint density at radius 2 is 0.684 bits per heavy atom. The predicted octanol–water partition coefficient (Wildman–Crippen LogP) is 6.83. The standard InChI is InChI=1S/C18H37.Sr/c1-3-5-7-9-11-13-15-17-18-16-14-12-10-8-6-4-2;/h1,3-18H2,2H3;. The Morgan fingerprint density at radius 1 is 0.421 bits per heavy atom. The summed E-state index contributed by atoms with van der Waals surface area (Å²) in [6.07, 6.45) is 23.8. The molecule has 0 aliphatic carbocycles. The van der Waals surface area contributed by atoms with Crippen LogP contribution in [0.25, 0.3) is 0 Å². The zero-order valence-electron chi connectivity index (χ0n) is 13.7.